The molecule has 1 atom stereocenters. The minimum Gasteiger partial charge on any atom is -0.481 e. The van der Waals surface area contributed by atoms with Crippen molar-refractivity contribution < 1.29 is 19.1 Å². The number of piperidine rings is 1. The van der Waals surface area contributed by atoms with E-state index in [0.29, 0.717) is 24.5 Å². The van der Waals surface area contributed by atoms with Crippen LogP contribution < -0.4 is 0 Å². The lowest BCUT2D eigenvalue weighted by Gasteiger charge is -2.35. The molecule has 2 heterocycles. The van der Waals surface area contributed by atoms with Gasteiger partial charge in [0.1, 0.15) is 5.76 Å². The maximum atomic E-state index is 12.4. The average molecular weight is 265 g/mol. The second kappa shape index (κ2) is 5.91. The Labute approximate surface area is 112 Å². The third-order valence-electron chi connectivity index (χ3n) is 3.53. The monoisotopic (exact) mass is 265 g/mol. The molecule has 5 heteroatoms. The maximum absolute atomic E-state index is 12.4. The molecule has 1 aliphatic heterocycles. The van der Waals surface area contributed by atoms with E-state index in [9.17, 15) is 9.59 Å². The summed E-state index contributed by atoms with van der Waals surface area (Å²) < 4.78 is 5.36. The zero-order chi connectivity index (χ0) is 13.8. The lowest BCUT2D eigenvalue weighted by molar-refractivity contribution is -0.137. The van der Waals surface area contributed by atoms with Crippen molar-refractivity contribution in [1.82, 2.24) is 4.90 Å². The number of carbonyl (C=O) groups is 2. The molecule has 104 valence electrons. The number of carbonyl (C=O) groups excluding carboxylic acids is 1. The first-order valence-electron chi connectivity index (χ1n) is 6.67. The van der Waals surface area contributed by atoms with Gasteiger partial charge in [-0.3, -0.25) is 9.59 Å². The largest absolute Gasteiger partial charge is 0.481 e. The van der Waals surface area contributed by atoms with Crippen molar-refractivity contribution in [3.8, 4) is 0 Å². The second-order valence-electron chi connectivity index (χ2n) is 4.99. The van der Waals surface area contributed by atoms with Gasteiger partial charge in [0.2, 0.25) is 0 Å². The van der Waals surface area contributed by atoms with Gasteiger partial charge in [-0.1, -0.05) is 0 Å². The fourth-order valence-electron chi connectivity index (χ4n) is 2.55. The second-order valence-corrected chi connectivity index (χ2v) is 4.99. The van der Waals surface area contributed by atoms with Gasteiger partial charge in [0.05, 0.1) is 0 Å². The predicted molar refractivity (Wildman–Crippen MR) is 69.0 cm³/mol. The number of aliphatic carboxylic acids is 1. The van der Waals surface area contributed by atoms with Crippen LogP contribution in [0.2, 0.25) is 0 Å². The third kappa shape index (κ3) is 3.36. The quantitative estimate of drug-likeness (QED) is 0.907. The SMILES string of the molecule is Cc1ccc(C(=O)N2CCCC[C@H]2CCC(=O)O)o1. The molecule has 0 spiro atoms. The smallest absolute Gasteiger partial charge is 0.303 e. The van der Waals surface area contributed by atoms with Crippen LogP contribution in [0.5, 0.6) is 0 Å². The molecule has 1 aliphatic rings. The van der Waals surface area contributed by atoms with Crippen molar-refractivity contribution in [3.63, 3.8) is 0 Å². The number of furan rings is 1. The van der Waals surface area contributed by atoms with Crippen molar-refractivity contribution in [2.45, 2.75) is 45.1 Å². The average Bonchev–Trinajstić information content (AvgIpc) is 2.82. The summed E-state index contributed by atoms with van der Waals surface area (Å²) in [5.41, 5.74) is 0. The zero-order valence-electron chi connectivity index (χ0n) is 11.1. The number of amides is 1. The highest BCUT2D eigenvalue weighted by atomic mass is 16.4. The summed E-state index contributed by atoms with van der Waals surface area (Å²) in [5.74, 6) is 0.122. The molecule has 0 unspecified atom stereocenters. The minimum atomic E-state index is -0.813. The van der Waals surface area contributed by atoms with Gasteiger partial charge >= 0.3 is 5.97 Å². The molecule has 0 aromatic carbocycles. The Bertz CT molecular complexity index is 466. The van der Waals surface area contributed by atoms with Crippen LogP contribution in [-0.2, 0) is 4.79 Å². The lowest BCUT2D eigenvalue weighted by Crippen LogP contribution is -2.43. The van der Waals surface area contributed by atoms with Gasteiger partial charge in [-0.15, -0.1) is 0 Å². The molecule has 1 saturated heterocycles. The molecular weight excluding hydrogens is 246 g/mol. The number of rotatable bonds is 4. The first-order chi connectivity index (χ1) is 9.08. The van der Waals surface area contributed by atoms with E-state index in [1.807, 2.05) is 0 Å². The summed E-state index contributed by atoms with van der Waals surface area (Å²) in [6, 6.07) is 3.46. The minimum absolute atomic E-state index is 0.0164. The highest BCUT2D eigenvalue weighted by Gasteiger charge is 2.29. The van der Waals surface area contributed by atoms with Crippen LogP contribution in [0.3, 0.4) is 0 Å². The number of carboxylic acid groups (broad SMARTS) is 1. The summed E-state index contributed by atoms with van der Waals surface area (Å²) in [5, 5.41) is 8.77. The van der Waals surface area contributed by atoms with E-state index in [2.05, 4.69) is 0 Å². The molecule has 1 amide bonds. The molecule has 5 nitrogen and oxygen atoms in total. The molecule has 0 radical (unpaired) electrons. The standard InChI is InChI=1S/C14H19NO4/c1-10-5-7-12(19-10)14(18)15-9-3-2-4-11(15)6-8-13(16)17/h5,7,11H,2-4,6,8-9H2,1H3,(H,16,17)/t11-/m0/s1. The zero-order valence-corrected chi connectivity index (χ0v) is 11.1. The number of hydrogen-bond acceptors (Lipinski definition) is 3. The Morgan fingerprint density at radius 3 is 2.84 bits per heavy atom. The molecule has 1 aromatic rings. The Balaban J connectivity index is 2.06. The molecule has 19 heavy (non-hydrogen) atoms. The molecule has 0 bridgehead atoms. The van der Waals surface area contributed by atoms with Crippen LogP contribution in [0, 0.1) is 6.92 Å². The Kier molecular flexibility index (Phi) is 4.24. The normalized spacial score (nSPS) is 19.4. The number of likely N-dealkylation sites (tertiary alicyclic amines) is 1. The highest BCUT2D eigenvalue weighted by Crippen LogP contribution is 2.23. The molecule has 1 fully saturated rings. The predicted octanol–water partition coefficient (Wildman–Crippen LogP) is 2.45. The van der Waals surface area contributed by atoms with Gasteiger partial charge in [0, 0.05) is 19.0 Å². The van der Waals surface area contributed by atoms with Gasteiger partial charge in [-0.2, -0.15) is 0 Å². The molecule has 0 aliphatic carbocycles. The van der Waals surface area contributed by atoms with Crippen LogP contribution in [0.4, 0.5) is 0 Å². The van der Waals surface area contributed by atoms with E-state index < -0.39 is 5.97 Å². The van der Waals surface area contributed by atoms with Crippen LogP contribution in [0.1, 0.15) is 48.4 Å². The van der Waals surface area contributed by atoms with Gasteiger partial charge in [-0.25, -0.2) is 0 Å². The number of aryl methyl sites for hydroxylation is 1. The first-order valence-corrected chi connectivity index (χ1v) is 6.67. The fraction of sp³-hybridized carbons (Fsp3) is 0.571. The van der Waals surface area contributed by atoms with Gasteiger partial charge in [0.25, 0.3) is 5.91 Å². The van der Waals surface area contributed by atoms with Crippen LogP contribution >= 0.6 is 0 Å². The Hall–Kier alpha value is -1.78. The molecule has 0 saturated carbocycles. The molecule has 2 rings (SSSR count). The van der Waals surface area contributed by atoms with Crippen molar-refractivity contribution in [2.75, 3.05) is 6.54 Å². The van der Waals surface area contributed by atoms with Crippen molar-refractivity contribution in [1.29, 1.82) is 0 Å². The van der Waals surface area contributed by atoms with Crippen LogP contribution in [-0.4, -0.2) is 34.5 Å². The van der Waals surface area contributed by atoms with E-state index in [0.717, 1.165) is 19.3 Å². The Morgan fingerprint density at radius 2 is 2.21 bits per heavy atom. The van der Waals surface area contributed by atoms with E-state index in [4.69, 9.17) is 9.52 Å². The van der Waals surface area contributed by atoms with Gasteiger partial charge in [-0.05, 0) is 44.7 Å². The van der Waals surface area contributed by atoms with E-state index in [1.165, 1.54) is 0 Å². The summed E-state index contributed by atoms with van der Waals surface area (Å²) in [7, 11) is 0. The summed E-state index contributed by atoms with van der Waals surface area (Å²) in [6.45, 7) is 2.48. The van der Waals surface area contributed by atoms with Crippen LogP contribution in [0.15, 0.2) is 16.5 Å². The molecule has 1 N–H and O–H groups in total. The maximum Gasteiger partial charge on any atom is 0.303 e. The van der Waals surface area contributed by atoms with Gasteiger partial charge < -0.3 is 14.4 Å². The van der Waals surface area contributed by atoms with Crippen molar-refractivity contribution >= 4 is 11.9 Å². The molecular formula is C14H19NO4. The fourth-order valence-corrected chi connectivity index (χ4v) is 2.55. The summed E-state index contributed by atoms with van der Waals surface area (Å²) >= 11 is 0. The van der Waals surface area contributed by atoms with Crippen molar-refractivity contribution in [3.05, 3.63) is 23.7 Å². The number of hydrogen-bond donors (Lipinski definition) is 1. The number of carboxylic acids is 1. The molecule has 1 aromatic heterocycles. The topological polar surface area (TPSA) is 70.8 Å². The third-order valence-corrected chi connectivity index (χ3v) is 3.53. The van der Waals surface area contributed by atoms with E-state index in [-0.39, 0.29) is 18.4 Å². The van der Waals surface area contributed by atoms with E-state index >= 15 is 0 Å². The summed E-state index contributed by atoms with van der Waals surface area (Å²) in [6.07, 6.45) is 3.51. The lowest BCUT2D eigenvalue weighted by atomic mass is 9.97. The highest BCUT2D eigenvalue weighted by molar-refractivity contribution is 5.91. The van der Waals surface area contributed by atoms with Gasteiger partial charge in [0.15, 0.2) is 5.76 Å². The Morgan fingerprint density at radius 1 is 1.42 bits per heavy atom. The summed E-state index contributed by atoms with van der Waals surface area (Å²) in [4.78, 5) is 24.8. The first kappa shape index (κ1) is 13.6. The number of nitrogens with zero attached hydrogens (tertiary/aromatic N) is 1. The van der Waals surface area contributed by atoms with Crippen molar-refractivity contribution in [2.24, 2.45) is 0 Å². The van der Waals surface area contributed by atoms with Crippen LogP contribution in [0.25, 0.3) is 0 Å². The van der Waals surface area contributed by atoms with E-state index in [1.54, 1.807) is 24.0 Å².